The standard InChI is InChI=1S/C19H21FN2O4/c1-25-17-7-2-13(12-21-17)18(19(23)24)22-10-8-16(9-11-22)26-15-5-3-14(20)4-6-15/h2-7,12,16,18H,8-11H2,1H3,(H,23,24). The van der Waals surface area contributed by atoms with Crippen molar-refractivity contribution in [2.75, 3.05) is 20.2 Å². The van der Waals surface area contributed by atoms with Gasteiger partial charge in [0, 0.05) is 25.4 Å². The summed E-state index contributed by atoms with van der Waals surface area (Å²) in [5, 5.41) is 9.67. The lowest BCUT2D eigenvalue weighted by Crippen LogP contribution is -2.43. The average molecular weight is 360 g/mol. The van der Waals surface area contributed by atoms with E-state index in [1.165, 1.54) is 19.2 Å². The highest BCUT2D eigenvalue weighted by molar-refractivity contribution is 5.75. The number of pyridine rings is 1. The Morgan fingerprint density at radius 3 is 2.46 bits per heavy atom. The van der Waals surface area contributed by atoms with Crippen molar-refractivity contribution >= 4 is 5.97 Å². The Morgan fingerprint density at radius 2 is 1.92 bits per heavy atom. The minimum atomic E-state index is -0.908. The van der Waals surface area contributed by atoms with E-state index in [0.717, 1.165) is 0 Å². The third-order valence-corrected chi connectivity index (χ3v) is 4.48. The molecule has 0 amide bonds. The molecule has 1 aromatic heterocycles. The number of halogens is 1. The normalized spacial score (nSPS) is 16.8. The zero-order chi connectivity index (χ0) is 18.5. The van der Waals surface area contributed by atoms with E-state index in [1.54, 1.807) is 30.5 Å². The number of hydrogen-bond donors (Lipinski definition) is 1. The Labute approximate surface area is 151 Å². The van der Waals surface area contributed by atoms with Crippen LogP contribution in [0.15, 0.2) is 42.6 Å². The monoisotopic (exact) mass is 360 g/mol. The molecule has 0 radical (unpaired) electrons. The molecule has 1 aromatic carbocycles. The number of hydrogen-bond acceptors (Lipinski definition) is 5. The number of methoxy groups -OCH3 is 1. The smallest absolute Gasteiger partial charge is 0.325 e. The molecule has 1 unspecified atom stereocenters. The highest BCUT2D eigenvalue weighted by Crippen LogP contribution is 2.27. The summed E-state index contributed by atoms with van der Waals surface area (Å²) in [6.45, 7) is 1.18. The van der Waals surface area contributed by atoms with Crippen LogP contribution in [0.3, 0.4) is 0 Å². The minimum Gasteiger partial charge on any atom is -0.490 e. The molecule has 1 aliphatic rings. The topological polar surface area (TPSA) is 71.9 Å². The summed E-state index contributed by atoms with van der Waals surface area (Å²) >= 11 is 0. The predicted molar refractivity (Wildman–Crippen MR) is 92.8 cm³/mol. The second-order valence-electron chi connectivity index (χ2n) is 6.18. The third kappa shape index (κ3) is 4.29. The van der Waals surface area contributed by atoms with Crippen LogP contribution in [-0.4, -0.2) is 47.3 Å². The number of carbonyl (C=O) groups is 1. The van der Waals surface area contributed by atoms with Crippen LogP contribution in [0.2, 0.25) is 0 Å². The lowest BCUT2D eigenvalue weighted by atomic mass is 10.0. The van der Waals surface area contributed by atoms with Gasteiger partial charge in [0.1, 0.15) is 23.7 Å². The average Bonchev–Trinajstić information content (AvgIpc) is 2.65. The van der Waals surface area contributed by atoms with Gasteiger partial charge in [0.25, 0.3) is 0 Å². The van der Waals surface area contributed by atoms with Crippen molar-refractivity contribution in [1.29, 1.82) is 0 Å². The van der Waals surface area contributed by atoms with Crippen molar-refractivity contribution in [3.63, 3.8) is 0 Å². The van der Waals surface area contributed by atoms with Gasteiger partial charge in [-0.05, 0) is 48.7 Å². The Morgan fingerprint density at radius 1 is 1.23 bits per heavy atom. The molecular weight excluding hydrogens is 339 g/mol. The summed E-state index contributed by atoms with van der Waals surface area (Å²) in [5.41, 5.74) is 0.621. The van der Waals surface area contributed by atoms with E-state index in [4.69, 9.17) is 9.47 Å². The molecule has 0 saturated carbocycles. The first-order valence-corrected chi connectivity index (χ1v) is 8.46. The number of nitrogens with zero attached hydrogens (tertiary/aromatic N) is 2. The Kier molecular flexibility index (Phi) is 5.68. The van der Waals surface area contributed by atoms with Crippen molar-refractivity contribution in [3.8, 4) is 11.6 Å². The Bertz CT molecular complexity index is 728. The van der Waals surface area contributed by atoms with Crippen molar-refractivity contribution < 1.29 is 23.8 Å². The van der Waals surface area contributed by atoms with Gasteiger partial charge in [-0.15, -0.1) is 0 Å². The third-order valence-electron chi connectivity index (χ3n) is 4.48. The van der Waals surface area contributed by atoms with E-state index in [9.17, 15) is 14.3 Å². The molecule has 7 heteroatoms. The Balaban J connectivity index is 1.62. The van der Waals surface area contributed by atoms with Gasteiger partial charge in [-0.2, -0.15) is 0 Å². The molecule has 3 rings (SSSR count). The summed E-state index contributed by atoms with van der Waals surface area (Å²) in [6.07, 6.45) is 2.92. The van der Waals surface area contributed by atoms with Crippen LogP contribution in [0.1, 0.15) is 24.4 Å². The van der Waals surface area contributed by atoms with E-state index in [2.05, 4.69) is 4.98 Å². The fraction of sp³-hybridized carbons (Fsp3) is 0.368. The summed E-state index contributed by atoms with van der Waals surface area (Å²) in [7, 11) is 1.52. The molecular formula is C19H21FN2O4. The molecule has 138 valence electrons. The fourth-order valence-electron chi connectivity index (χ4n) is 3.14. The largest absolute Gasteiger partial charge is 0.490 e. The van der Waals surface area contributed by atoms with Gasteiger partial charge >= 0.3 is 5.97 Å². The molecule has 0 aliphatic carbocycles. The van der Waals surface area contributed by atoms with E-state index < -0.39 is 12.0 Å². The van der Waals surface area contributed by atoms with Gasteiger partial charge in [-0.3, -0.25) is 9.69 Å². The number of rotatable bonds is 6. The number of aliphatic carboxylic acids is 1. The first-order chi connectivity index (χ1) is 12.6. The molecule has 0 spiro atoms. The first-order valence-electron chi connectivity index (χ1n) is 8.46. The second-order valence-corrected chi connectivity index (χ2v) is 6.18. The summed E-state index contributed by atoms with van der Waals surface area (Å²) in [6, 6.07) is 8.57. The van der Waals surface area contributed by atoms with Gasteiger partial charge in [0.15, 0.2) is 0 Å². The van der Waals surface area contributed by atoms with Gasteiger partial charge in [0.05, 0.1) is 7.11 Å². The maximum atomic E-state index is 13.0. The number of carboxylic acid groups (broad SMARTS) is 1. The van der Waals surface area contributed by atoms with Crippen molar-refractivity contribution in [1.82, 2.24) is 9.88 Å². The van der Waals surface area contributed by atoms with Crippen LogP contribution < -0.4 is 9.47 Å². The van der Waals surface area contributed by atoms with E-state index >= 15 is 0 Å². The molecule has 0 bridgehead atoms. The first kappa shape index (κ1) is 18.1. The van der Waals surface area contributed by atoms with E-state index in [-0.39, 0.29) is 11.9 Å². The number of likely N-dealkylation sites (tertiary alicyclic amines) is 1. The molecule has 6 nitrogen and oxygen atoms in total. The molecule has 1 saturated heterocycles. The number of piperidine rings is 1. The molecule has 2 heterocycles. The lowest BCUT2D eigenvalue weighted by molar-refractivity contribution is -0.144. The zero-order valence-corrected chi connectivity index (χ0v) is 14.5. The van der Waals surface area contributed by atoms with E-state index in [0.29, 0.717) is 43.1 Å². The van der Waals surface area contributed by atoms with Gasteiger partial charge in [0.2, 0.25) is 5.88 Å². The van der Waals surface area contributed by atoms with Gasteiger partial charge in [-0.25, -0.2) is 9.37 Å². The molecule has 1 atom stereocenters. The van der Waals surface area contributed by atoms with Crippen LogP contribution in [-0.2, 0) is 4.79 Å². The fourth-order valence-corrected chi connectivity index (χ4v) is 3.14. The van der Waals surface area contributed by atoms with Crippen LogP contribution in [0.4, 0.5) is 4.39 Å². The van der Waals surface area contributed by atoms with Crippen molar-refractivity contribution in [2.24, 2.45) is 0 Å². The summed E-state index contributed by atoms with van der Waals surface area (Å²) in [5.74, 6) is -0.136. The summed E-state index contributed by atoms with van der Waals surface area (Å²) < 4.78 is 23.8. The summed E-state index contributed by atoms with van der Waals surface area (Å²) in [4.78, 5) is 17.8. The molecule has 1 aliphatic heterocycles. The quantitative estimate of drug-likeness (QED) is 0.854. The number of carboxylic acids is 1. The molecule has 1 fully saturated rings. The second kappa shape index (κ2) is 8.14. The molecule has 26 heavy (non-hydrogen) atoms. The maximum absolute atomic E-state index is 13.0. The van der Waals surface area contributed by atoms with Crippen molar-refractivity contribution in [2.45, 2.75) is 25.0 Å². The highest BCUT2D eigenvalue weighted by Gasteiger charge is 2.31. The van der Waals surface area contributed by atoms with Crippen LogP contribution in [0, 0.1) is 5.82 Å². The number of aromatic nitrogens is 1. The Hall–Kier alpha value is -2.67. The van der Waals surface area contributed by atoms with Crippen LogP contribution >= 0.6 is 0 Å². The number of ether oxygens (including phenoxy) is 2. The van der Waals surface area contributed by atoms with Crippen LogP contribution in [0.5, 0.6) is 11.6 Å². The van der Waals surface area contributed by atoms with Gasteiger partial charge < -0.3 is 14.6 Å². The number of benzene rings is 1. The van der Waals surface area contributed by atoms with Crippen LogP contribution in [0.25, 0.3) is 0 Å². The molecule has 1 N–H and O–H groups in total. The van der Waals surface area contributed by atoms with Crippen molar-refractivity contribution in [3.05, 3.63) is 54.0 Å². The SMILES string of the molecule is COc1ccc(C(C(=O)O)N2CCC(Oc3ccc(F)cc3)CC2)cn1. The zero-order valence-electron chi connectivity index (χ0n) is 14.5. The maximum Gasteiger partial charge on any atom is 0.325 e. The molecule has 2 aromatic rings. The lowest BCUT2D eigenvalue weighted by Gasteiger charge is -2.35. The highest BCUT2D eigenvalue weighted by atomic mass is 19.1. The minimum absolute atomic E-state index is 0.0138. The van der Waals surface area contributed by atoms with Gasteiger partial charge in [-0.1, -0.05) is 0 Å². The van der Waals surface area contributed by atoms with E-state index in [1.807, 2.05) is 4.90 Å². The predicted octanol–water partition coefficient (Wildman–Crippen LogP) is 2.90.